The fraction of sp³-hybridized carbons (Fsp3) is 0.944. The summed E-state index contributed by atoms with van der Waals surface area (Å²) in [5.41, 5.74) is 0. The van der Waals surface area contributed by atoms with E-state index in [0.717, 1.165) is 25.6 Å². The largest absolute Gasteiger partial charge is 0.356 e. The highest BCUT2D eigenvalue weighted by atomic mass is 15.2. The molecule has 2 aliphatic heterocycles. The van der Waals surface area contributed by atoms with E-state index in [1.807, 2.05) is 7.05 Å². The van der Waals surface area contributed by atoms with Gasteiger partial charge in [0, 0.05) is 59.4 Å². The Morgan fingerprint density at radius 1 is 0.958 bits per heavy atom. The fourth-order valence-electron chi connectivity index (χ4n) is 3.54. The number of guanidine groups is 1. The van der Waals surface area contributed by atoms with Gasteiger partial charge in [0.25, 0.3) is 0 Å². The number of piperazine rings is 1. The number of likely N-dealkylation sites (N-methyl/N-ethyl adjacent to an activating group) is 1. The lowest BCUT2D eigenvalue weighted by atomic mass is 10.1. The van der Waals surface area contributed by atoms with E-state index in [0.29, 0.717) is 5.92 Å². The fourth-order valence-corrected chi connectivity index (χ4v) is 3.54. The van der Waals surface area contributed by atoms with Crippen molar-refractivity contribution in [2.45, 2.75) is 26.2 Å². The highest BCUT2D eigenvalue weighted by molar-refractivity contribution is 5.79. The Balaban J connectivity index is 1.56. The SMILES string of the molecule is CN=C(NCCN1CCCCC1)NCC(C)CN1CCN(C)CC1. The molecule has 1 unspecified atom stereocenters. The second kappa shape index (κ2) is 10.9. The van der Waals surface area contributed by atoms with E-state index in [-0.39, 0.29) is 0 Å². The van der Waals surface area contributed by atoms with Crippen molar-refractivity contribution < 1.29 is 0 Å². The normalized spacial score (nSPS) is 23.2. The average molecular weight is 339 g/mol. The molecule has 140 valence electrons. The maximum Gasteiger partial charge on any atom is 0.191 e. The van der Waals surface area contributed by atoms with Crippen LogP contribution in [0.5, 0.6) is 0 Å². The Morgan fingerprint density at radius 2 is 1.67 bits per heavy atom. The first-order valence-corrected chi connectivity index (χ1v) is 9.75. The van der Waals surface area contributed by atoms with Crippen LogP contribution in [0.2, 0.25) is 0 Å². The molecule has 0 radical (unpaired) electrons. The number of hydrogen-bond acceptors (Lipinski definition) is 4. The van der Waals surface area contributed by atoms with E-state index in [9.17, 15) is 0 Å². The number of rotatable bonds is 7. The molecule has 0 aromatic carbocycles. The van der Waals surface area contributed by atoms with Crippen LogP contribution in [-0.4, -0.2) is 100 Å². The minimum atomic E-state index is 0.633. The summed E-state index contributed by atoms with van der Waals surface area (Å²) in [5, 5.41) is 6.95. The molecule has 1 atom stereocenters. The number of likely N-dealkylation sites (tertiary alicyclic amines) is 1. The van der Waals surface area contributed by atoms with Crippen LogP contribution in [0.1, 0.15) is 26.2 Å². The molecule has 0 spiro atoms. The Morgan fingerprint density at radius 3 is 2.33 bits per heavy atom. The van der Waals surface area contributed by atoms with Gasteiger partial charge in [-0.05, 0) is 38.9 Å². The van der Waals surface area contributed by atoms with Gasteiger partial charge < -0.3 is 25.3 Å². The molecule has 24 heavy (non-hydrogen) atoms. The third-order valence-corrected chi connectivity index (χ3v) is 5.18. The quantitative estimate of drug-likeness (QED) is 0.523. The Hall–Kier alpha value is -0.850. The van der Waals surface area contributed by atoms with Gasteiger partial charge in [-0.2, -0.15) is 0 Å². The number of piperidine rings is 1. The van der Waals surface area contributed by atoms with Gasteiger partial charge >= 0.3 is 0 Å². The van der Waals surface area contributed by atoms with Gasteiger partial charge in [-0.15, -0.1) is 0 Å². The maximum atomic E-state index is 4.36. The van der Waals surface area contributed by atoms with Gasteiger partial charge in [-0.1, -0.05) is 13.3 Å². The van der Waals surface area contributed by atoms with Crippen LogP contribution in [0.3, 0.4) is 0 Å². The number of nitrogens with one attached hydrogen (secondary N) is 2. The van der Waals surface area contributed by atoms with E-state index < -0.39 is 0 Å². The van der Waals surface area contributed by atoms with Gasteiger partial charge in [-0.3, -0.25) is 4.99 Å². The molecule has 2 aliphatic rings. The van der Waals surface area contributed by atoms with Gasteiger partial charge in [0.1, 0.15) is 0 Å². The summed E-state index contributed by atoms with van der Waals surface area (Å²) < 4.78 is 0. The molecule has 2 fully saturated rings. The summed E-state index contributed by atoms with van der Waals surface area (Å²) in [5.74, 6) is 1.58. The summed E-state index contributed by atoms with van der Waals surface area (Å²) >= 11 is 0. The van der Waals surface area contributed by atoms with Gasteiger partial charge in [0.05, 0.1) is 0 Å². The number of hydrogen-bond donors (Lipinski definition) is 2. The highest BCUT2D eigenvalue weighted by Crippen LogP contribution is 2.07. The molecule has 0 bridgehead atoms. The smallest absolute Gasteiger partial charge is 0.191 e. The zero-order valence-corrected chi connectivity index (χ0v) is 16.1. The summed E-state index contributed by atoms with van der Waals surface area (Å²) in [6, 6.07) is 0. The van der Waals surface area contributed by atoms with Gasteiger partial charge in [0.2, 0.25) is 0 Å². The van der Waals surface area contributed by atoms with Crippen LogP contribution in [0.15, 0.2) is 4.99 Å². The van der Waals surface area contributed by atoms with E-state index >= 15 is 0 Å². The lowest BCUT2D eigenvalue weighted by molar-refractivity contribution is 0.139. The molecule has 6 nitrogen and oxygen atoms in total. The predicted octanol–water partition coefficient (Wildman–Crippen LogP) is 0.521. The molecular formula is C18H38N6. The van der Waals surface area contributed by atoms with Crippen LogP contribution in [0.4, 0.5) is 0 Å². The molecular weight excluding hydrogens is 300 g/mol. The molecule has 2 rings (SSSR count). The van der Waals surface area contributed by atoms with E-state index in [1.54, 1.807) is 0 Å². The summed E-state index contributed by atoms with van der Waals surface area (Å²) in [6.45, 7) is 13.9. The number of aliphatic imine (C=N–C) groups is 1. The van der Waals surface area contributed by atoms with Crippen molar-refractivity contribution in [1.29, 1.82) is 0 Å². The summed E-state index contributed by atoms with van der Waals surface area (Å²) in [4.78, 5) is 11.9. The lowest BCUT2D eigenvalue weighted by Crippen LogP contribution is -2.48. The Labute approximate surface area is 148 Å². The first-order chi connectivity index (χ1) is 11.7. The van der Waals surface area contributed by atoms with Crippen LogP contribution >= 0.6 is 0 Å². The Bertz CT molecular complexity index is 359. The topological polar surface area (TPSA) is 46.1 Å². The second-order valence-electron chi connectivity index (χ2n) is 7.49. The highest BCUT2D eigenvalue weighted by Gasteiger charge is 2.16. The Kier molecular flexibility index (Phi) is 8.84. The standard InChI is InChI=1S/C18H38N6/c1-17(16-24-13-11-22(3)12-14-24)15-21-18(19-2)20-7-10-23-8-5-4-6-9-23/h17H,4-16H2,1-3H3,(H2,19,20,21). The van der Waals surface area contributed by atoms with E-state index in [1.165, 1.54) is 65.1 Å². The van der Waals surface area contributed by atoms with Crippen molar-refractivity contribution in [1.82, 2.24) is 25.3 Å². The number of nitrogens with zero attached hydrogens (tertiary/aromatic N) is 4. The van der Waals surface area contributed by atoms with Crippen LogP contribution in [-0.2, 0) is 0 Å². The summed E-state index contributed by atoms with van der Waals surface area (Å²) in [7, 11) is 4.07. The van der Waals surface area contributed by atoms with Crippen molar-refractivity contribution >= 4 is 5.96 Å². The maximum absolute atomic E-state index is 4.36. The molecule has 6 heteroatoms. The lowest BCUT2D eigenvalue weighted by Gasteiger charge is -2.34. The zero-order valence-electron chi connectivity index (χ0n) is 16.1. The third-order valence-electron chi connectivity index (χ3n) is 5.18. The van der Waals surface area contributed by atoms with Gasteiger partial charge in [-0.25, -0.2) is 0 Å². The monoisotopic (exact) mass is 338 g/mol. The molecule has 0 aliphatic carbocycles. The first-order valence-electron chi connectivity index (χ1n) is 9.75. The van der Waals surface area contributed by atoms with Crippen molar-refractivity contribution in [2.75, 3.05) is 79.5 Å². The van der Waals surface area contributed by atoms with Crippen LogP contribution < -0.4 is 10.6 Å². The van der Waals surface area contributed by atoms with Gasteiger partial charge in [0.15, 0.2) is 5.96 Å². The van der Waals surface area contributed by atoms with Crippen molar-refractivity contribution in [3.63, 3.8) is 0 Å². The molecule has 0 amide bonds. The van der Waals surface area contributed by atoms with E-state index in [4.69, 9.17) is 0 Å². The first kappa shape index (κ1) is 19.5. The predicted molar refractivity (Wildman–Crippen MR) is 103 cm³/mol. The van der Waals surface area contributed by atoms with Crippen LogP contribution in [0.25, 0.3) is 0 Å². The van der Waals surface area contributed by atoms with Crippen molar-refractivity contribution in [2.24, 2.45) is 10.9 Å². The molecule has 2 heterocycles. The summed E-state index contributed by atoms with van der Waals surface area (Å²) in [6.07, 6.45) is 4.12. The van der Waals surface area contributed by atoms with Crippen molar-refractivity contribution in [3.05, 3.63) is 0 Å². The second-order valence-corrected chi connectivity index (χ2v) is 7.49. The molecule has 2 saturated heterocycles. The van der Waals surface area contributed by atoms with Crippen molar-refractivity contribution in [3.8, 4) is 0 Å². The molecule has 0 saturated carbocycles. The van der Waals surface area contributed by atoms with E-state index in [2.05, 4.69) is 44.3 Å². The third kappa shape index (κ3) is 7.36. The minimum Gasteiger partial charge on any atom is -0.356 e. The molecule has 2 N–H and O–H groups in total. The molecule has 0 aromatic heterocycles. The van der Waals surface area contributed by atoms with Crippen LogP contribution in [0, 0.1) is 5.92 Å². The molecule has 0 aromatic rings. The minimum absolute atomic E-state index is 0.633. The average Bonchev–Trinajstić information content (AvgIpc) is 2.61. The zero-order chi connectivity index (χ0) is 17.2.